The van der Waals surface area contributed by atoms with E-state index in [0.717, 1.165) is 40.9 Å². The van der Waals surface area contributed by atoms with Crippen LogP contribution in [0, 0.1) is 10.8 Å². The van der Waals surface area contributed by atoms with Crippen LogP contribution in [-0.2, 0) is 15.9 Å². The Kier molecular flexibility index (Phi) is 12.5. The van der Waals surface area contributed by atoms with E-state index >= 15 is 0 Å². The number of aliphatic hydroxyl groups excluding tert-OH is 1. The fraction of sp³-hybridized carbons (Fsp3) is 0.724. The van der Waals surface area contributed by atoms with Gasteiger partial charge in [0, 0.05) is 16.8 Å². The van der Waals surface area contributed by atoms with E-state index in [1.54, 1.807) is 6.26 Å². The Bertz CT molecular complexity index is 868. The van der Waals surface area contributed by atoms with Crippen molar-refractivity contribution in [3.8, 4) is 0 Å². The summed E-state index contributed by atoms with van der Waals surface area (Å²) < 4.78 is 10.9. The molecule has 0 bridgehead atoms. The lowest BCUT2D eigenvalue weighted by atomic mass is 9.71. The number of thiol groups is 1. The summed E-state index contributed by atoms with van der Waals surface area (Å²) >= 11 is 3.53. The number of ether oxygens (including phenoxy) is 2. The van der Waals surface area contributed by atoms with Crippen LogP contribution in [-0.4, -0.2) is 42.1 Å². The molecular formula is C29H49NO4S. The molecule has 0 aromatic carbocycles. The van der Waals surface area contributed by atoms with E-state index in [-0.39, 0.29) is 17.3 Å². The Balaban J connectivity index is 0.000000670. The van der Waals surface area contributed by atoms with Gasteiger partial charge in [-0.2, -0.15) is 12.6 Å². The molecule has 0 saturated heterocycles. The lowest BCUT2D eigenvalue weighted by molar-refractivity contribution is 0.0521. The molecule has 6 heteroatoms. The zero-order valence-electron chi connectivity index (χ0n) is 23.7. The fourth-order valence-corrected chi connectivity index (χ4v) is 4.23. The van der Waals surface area contributed by atoms with Crippen LogP contribution in [0.3, 0.4) is 0 Å². The van der Waals surface area contributed by atoms with Crippen LogP contribution in [0.1, 0.15) is 126 Å². The third-order valence-corrected chi connectivity index (χ3v) is 6.44. The van der Waals surface area contributed by atoms with Crippen molar-refractivity contribution >= 4 is 24.2 Å². The zero-order chi connectivity index (χ0) is 27.0. The van der Waals surface area contributed by atoms with Gasteiger partial charge in [-0.3, -0.25) is 4.98 Å². The summed E-state index contributed by atoms with van der Waals surface area (Å²) in [5.74, 6) is -0.271. The van der Waals surface area contributed by atoms with Crippen LogP contribution in [0.15, 0.2) is 6.08 Å². The molecule has 0 fully saturated rings. The SMILES string of the molecule is CCC(C)(C)C.CCOC(=O)c1c(C(C)C)nc2c(c1C1=CCOCC1)C(O)CC(C)(C)C2.CS. The molecular weight excluding hydrogens is 458 g/mol. The molecule has 1 atom stereocenters. The molecule has 0 amide bonds. The van der Waals surface area contributed by atoms with E-state index in [1.807, 2.05) is 26.8 Å². The fourth-order valence-electron chi connectivity index (χ4n) is 4.23. The van der Waals surface area contributed by atoms with Gasteiger partial charge >= 0.3 is 5.97 Å². The van der Waals surface area contributed by atoms with E-state index in [0.29, 0.717) is 37.2 Å². The highest BCUT2D eigenvalue weighted by molar-refractivity contribution is 7.79. The van der Waals surface area contributed by atoms with Gasteiger partial charge in [-0.1, -0.05) is 67.9 Å². The van der Waals surface area contributed by atoms with Crippen molar-refractivity contribution in [2.45, 2.75) is 100 Å². The number of rotatable bonds is 4. The Morgan fingerprint density at radius 3 is 2.34 bits per heavy atom. The lowest BCUT2D eigenvalue weighted by Crippen LogP contribution is -2.30. The van der Waals surface area contributed by atoms with E-state index < -0.39 is 6.10 Å². The third-order valence-electron chi connectivity index (χ3n) is 6.44. The number of hydrogen-bond donors (Lipinski definition) is 2. The molecule has 1 aliphatic carbocycles. The summed E-state index contributed by atoms with van der Waals surface area (Å²) in [5, 5.41) is 11.0. The van der Waals surface area contributed by atoms with Crippen LogP contribution in [0.2, 0.25) is 0 Å². The minimum Gasteiger partial charge on any atom is -0.462 e. The Hall–Kier alpha value is -1.37. The van der Waals surface area contributed by atoms with Crippen molar-refractivity contribution in [1.29, 1.82) is 0 Å². The maximum atomic E-state index is 13.0. The van der Waals surface area contributed by atoms with Gasteiger partial charge in [0.05, 0.1) is 37.2 Å². The highest BCUT2D eigenvalue weighted by atomic mass is 32.1. The average molecular weight is 508 g/mol. The van der Waals surface area contributed by atoms with Crippen molar-refractivity contribution in [2.75, 3.05) is 26.1 Å². The first-order chi connectivity index (χ1) is 16.3. The molecule has 1 aromatic rings. The number of hydrogen-bond acceptors (Lipinski definition) is 6. The minimum atomic E-state index is -0.635. The van der Waals surface area contributed by atoms with Gasteiger partial charge in [0.25, 0.3) is 0 Å². The van der Waals surface area contributed by atoms with Gasteiger partial charge in [0.2, 0.25) is 0 Å². The molecule has 1 aliphatic heterocycles. The molecule has 3 rings (SSSR count). The highest BCUT2D eigenvalue weighted by Crippen LogP contribution is 2.46. The number of aromatic nitrogens is 1. The first-order valence-corrected chi connectivity index (χ1v) is 13.8. The van der Waals surface area contributed by atoms with Gasteiger partial charge in [-0.05, 0) is 54.8 Å². The average Bonchev–Trinajstić information content (AvgIpc) is 2.79. The number of aliphatic hydroxyl groups is 1. The number of esters is 1. The molecule has 0 spiro atoms. The van der Waals surface area contributed by atoms with Gasteiger partial charge < -0.3 is 14.6 Å². The Labute approximate surface area is 219 Å². The van der Waals surface area contributed by atoms with Crippen molar-refractivity contribution in [3.63, 3.8) is 0 Å². The van der Waals surface area contributed by atoms with Crippen LogP contribution in [0.5, 0.6) is 0 Å². The molecule has 200 valence electrons. The summed E-state index contributed by atoms with van der Waals surface area (Å²) in [6, 6.07) is 0. The number of carbonyl (C=O) groups is 1. The molecule has 0 radical (unpaired) electrons. The number of pyridine rings is 1. The topological polar surface area (TPSA) is 68.7 Å². The van der Waals surface area contributed by atoms with Crippen LogP contribution < -0.4 is 0 Å². The van der Waals surface area contributed by atoms with Crippen molar-refractivity contribution in [2.24, 2.45) is 10.8 Å². The van der Waals surface area contributed by atoms with Crippen LogP contribution >= 0.6 is 12.6 Å². The quantitative estimate of drug-likeness (QED) is 0.334. The van der Waals surface area contributed by atoms with Crippen LogP contribution in [0.4, 0.5) is 0 Å². The molecule has 2 heterocycles. The summed E-state index contributed by atoms with van der Waals surface area (Å²) in [6.45, 7) is 20.6. The van der Waals surface area contributed by atoms with Crippen molar-refractivity contribution < 1.29 is 19.4 Å². The predicted molar refractivity (Wildman–Crippen MR) is 149 cm³/mol. The van der Waals surface area contributed by atoms with Gasteiger partial charge in [0.15, 0.2) is 0 Å². The summed E-state index contributed by atoms with van der Waals surface area (Å²) in [5.41, 5.74) is 5.43. The maximum absolute atomic E-state index is 13.0. The first-order valence-electron chi connectivity index (χ1n) is 12.9. The van der Waals surface area contributed by atoms with Gasteiger partial charge in [-0.25, -0.2) is 4.79 Å². The summed E-state index contributed by atoms with van der Waals surface area (Å²) in [4.78, 5) is 17.8. The number of fused-ring (bicyclic) bond motifs is 1. The normalized spacial score (nSPS) is 18.9. The van der Waals surface area contributed by atoms with Crippen molar-refractivity contribution in [3.05, 3.63) is 34.2 Å². The van der Waals surface area contributed by atoms with E-state index in [1.165, 1.54) is 6.42 Å². The molecule has 5 nitrogen and oxygen atoms in total. The maximum Gasteiger partial charge on any atom is 0.340 e. The van der Waals surface area contributed by atoms with E-state index in [2.05, 4.69) is 54.2 Å². The number of nitrogens with zero attached hydrogens (tertiary/aromatic N) is 1. The predicted octanol–water partition coefficient (Wildman–Crippen LogP) is 7.18. The largest absolute Gasteiger partial charge is 0.462 e. The van der Waals surface area contributed by atoms with E-state index in [4.69, 9.17) is 14.5 Å². The Morgan fingerprint density at radius 2 is 1.89 bits per heavy atom. The second kappa shape index (κ2) is 13.8. The monoisotopic (exact) mass is 507 g/mol. The lowest BCUT2D eigenvalue weighted by Gasteiger charge is -2.37. The molecule has 1 N–H and O–H groups in total. The third kappa shape index (κ3) is 8.91. The van der Waals surface area contributed by atoms with Gasteiger partial charge in [0.1, 0.15) is 0 Å². The molecule has 1 aromatic heterocycles. The van der Waals surface area contributed by atoms with E-state index in [9.17, 15) is 9.90 Å². The standard InChI is InChI=1S/C22H31NO4.C6H14.CH4S/c1-6-27-21(25)19-17(14-7-9-26-10-8-14)18-15(23-20(19)13(2)3)11-22(4,5)12-16(18)24;1-5-6(2,3)4;1-2/h7,13,16,24H,6,8-12H2,1-5H3;5H2,1-4H3;2H,1H3. The zero-order valence-corrected chi connectivity index (χ0v) is 24.6. The molecule has 2 aliphatic rings. The summed E-state index contributed by atoms with van der Waals surface area (Å²) in [7, 11) is 0. The Morgan fingerprint density at radius 1 is 1.29 bits per heavy atom. The second-order valence-electron chi connectivity index (χ2n) is 11.5. The minimum absolute atomic E-state index is 0.0273. The highest BCUT2D eigenvalue weighted by Gasteiger charge is 2.38. The van der Waals surface area contributed by atoms with Crippen LogP contribution in [0.25, 0.3) is 5.57 Å². The molecule has 1 unspecified atom stereocenters. The molecule has 0 saturated carbocycles. The van der Waals surface area contributed by atoms with Crippen molar-refractivity contribution in [1.82, 2.24) is 4.98 Å². The summed E-state index contributed by atoms with van der Waals surface area (Å²) in [6.07, 6.45) is 6.52. The second-order valence-corrected chi connectivity index (χ2v) is 11.5. The smallest absolute Gasteiger partial charge is 0.340 e. The molecule has 35 heavy (non-hydrogen) atoms. The first kappa shape index (κ1) is 31.7. The number of carbonyl (C=O) groups excluding carboxylic acids is 1. The van der Waals surface area contributed by atoms with Gasteiger partial charge in [-0.15, -0.1) is 0 Å².